The van der Waals surface area contributed by atoms with Gasteiger partial charge in [0.25, 0.3) is 5.91 Å². The molecule has 2 saturated heterocycles. The number of rotatable bonds is 6. The van der Waals surface area contributed by atoms with Crippen molar-refractivity contribution in [3.05, 3.63) is 42.5 Å². The van der Waals surface area contributed by atoms with Crippen molar-refractivity contribution < 1.29 is 13.2 Å². The predicted octanol–water partition coefficient (Wildman–Crippen LogP) is 0.692. The summed E-state index contributed by atoms with van der Waals surface area (Å²) in [4.78, 5) is 14.6. The molecule has 9 heteroatoms. The first-order valence-corrected chi connectivity index (χ1v) is 10.4. The Morgan fingerprint density at radius 1 is 1.30 bits per heavy atom. The first kappa shape index (κ1) is 21.8. The van der Waals surface area contributed by atoms with Crippen LogP contribution in [0.4, 0.5) is 0 Å². The quantitative estimate of drug-likeness (QED) is 0.669. The molecule has 0 spiro atoms. The van der Waals surface area contributed by atoms with Gasteiger partial charge in [0.05, 0.1) is 4.90 Å². The summed E-state index contributed by atoms with van der Waals surface area (Å²) in [5.74, 6) is -0.304. The first-order chi connectivity index (χ1) is 12.5. The fourth-order valence-corrected chi connectivity index (χ4v) is 5.03. The topological polar surface area (TPSA) is 81.8 Å². The van der Waals surface area contributed by atoms with Gasteiger partial charge in [-0.25, -0.2) is 8.42 Å². The molecular formula is C18H27ClN4O3S. The molecule has 2 aliphatic heterocycles. The monoisotopic (exact) mass is 414 g/mol. The molecule has 2 heterocycles. The average molecular weight is 415 g/mol. The maximum Gasteiger partial charge on any atom is 0.251 e. The minimum atomic E-state index is -3.60. The van der Waals surface area contributed by atoms with Crippen LogP contribution in [0.2, 0.25) is 0 Å². The Labute approximate surface area is 167 Å². The molecule has 3 rings (SSSR count). The normalized spacial score (nSPS) is 21.4. The smallest absolute Gasteiger partial charge is 0.251 e. The third-order valence-electron chi connectivity index (χ3n) is 4.94. The van der Waals surface area contributed by atoms with E-state index in [1.165, 1.54) is 6.07 Å². The van der Waals surface area contributed by atoms with E-state index in [-0.39, 0.29) is 29.3 Å². The molecule has 2 N–H and O–H groups in total. The number of hydrogen-bond acceptors (Lipinski definition) is 5. The molecule has 7 nitrogen and oxygen atoms in total. The Balaban J connectivity index is 0.00000261. The lowest BCUT2D eigenvalue weighted by Crippen LogP contribution is -2.49. The summed E-state index contributed by atoms with van der Waals surface area (Å²) in [6, 6.07) is 6.50. The molecule has 1 amide bonds. The molecule has 27 heavy (non-hydrogen) atoms. The number of sulfonamides is 1. The van der Waals surface area contributed by atoms with Gasteiger partial charge in [-0.05, 0) is 24.6 Å². The zero-order valence-electron chi connectivity index (χ0n) is 15.3. The van der Waals surface area contributed by atoms with Gasteiger partial charge in [-0.3, -0.25) is 9.69 Å². The highest BCUT2D eigenvalue weighted by Crippen LogP contribution is 2.24. The fourth-order valence-electron chi connectivity index (χ4n) is 3.49. The Morgan fingerprint density at radius 2 is 2.04 bits per heavy atom. The minimum Gasteiger partial charge on any atom is -0.349 e. The molecule has 2 fully saturated rings. The number of carbonyl (C=O) groups is 1. The summed E-state index contributed by atoms with van der Waals surface area (Å²) in [5, 5.41) is 5.99. The van der Waals surface area contributed by atoms with Crippen LogP contribution in [-0.2, 0) is 10.0 Å². The maximum absolute atomic E-state index is 13.0. The van der Waals surface area contributed by atoms with Gasteiger partial charge in [-0.15, -0.1) is 19.0 Å². The first-order valence-electron chi connectivity index (χ1n) is 8.96. The molecule has 0 aromatic heterocycles. The highest BCUT2D eigenvalue weighted by molar-refractivity contribution is 7.89. The summed E-state index contributed by atoms with van der Waals surface area (Å²) in [7, 11) is -3.60. The number of carbonyl (C=O) groups excluding carboxylic acids is 1. The SMILES string of the molecule is C=CCNC(=O)c1cccc(S(=O)(=O)N2CCC(N3CCNCC3)C2)c1.Cl. The Kier molecular flexibility index (Phi) is 7.81. The molecule has 0 radical (unpaired) electrons. The van der Waals surface area contributed by atoms with Crippen molar-refractivity contribution >= 4 is 28.3 Å². The van der Waals surface area contributed by atoms with Crippen LogP contribution in [0.25, 0.3) is 0 Å². The van der Waals surface area contributed by atoms with Crippen molar-refractivity contribution in [2.75, 3.05) is 45.8 Å². The summed E-state index contributed by atoms with van der Waals surface area (Å²) >= 11 is 0. The number of nitrogens with one attached hydrogen (secondary N) is 2. The van der Waals surface area contributed by atoms with E-state index in [4.69, 9.17) is 0 Å². The lowest BCUT2D eigenvalue weighted by atomic mass is 10.2. The molecule has 1 unspecified atom stereocenters. The fraction of sp³-hybridized carbons (Fsp3) is 0.500. The molecule has 1 aromatic carbocycles. The second-order valence-electron chi connectivity index (χ2n) is 6.62. The zero-order valence-corrected chi connectivity index (χ0v) is 16.9. The van der Waals surface area contributed by atoms with Crippen LogP contribution < -0.4 is 10.6 Å². The van der Waals surface area contributed by atoms with Crippen LogP contribution in [0, 0.1) is 0 Å². The zero-order chi connectivity index (χ0) is 18.6. The Hall–Kier alpha value is -1.45. The summed E-state index contributed by atoms with van der Waals surface area (Å²) in [5.41, 5.74) is 0.339. The number of benzene rings is 1. The summed E-state index contributed by atoms with van der Waals surface area (Å²) < 4.78 is 27.5. The van der Waals surface area contributed by atoms with E-state index >= 15 is 0 Å². The van der Waals surface area contributed by atoms with Gasteiger partial charge >= 0.3 is 0 Å². The standard InChI is InChI=1S/C18H26N4O3S.ClH/c1-2-7-20-18(23)15-4-3-5-17(13-15)26(24,25)22-10-6-16(14-22)21-11-8-19-9-12-21;/h2-5,13,16,19H,1,6-12,14H2,(H,20,23);1H. The van der Waals surface area contributed by atoms with E-state index in [1.807, 2.05) is 0 Å². The van der Waals surface area contributed by atoms with Crippen molar-refractivity contribution in [1.29, 1.82) is 0 Å². The van der Waals surface area contributed by atoms with Gasteiger partial charge in [0, 0.05) is 57.4 Å². The van der Waals surface area contributed by atoms with Gasteiger partial charge in [-0.2, -0.15) is 4.31 Å². The van der Waals surface area contributed by atoms with E-state index in [1.54, 1.807) is 28.6 Å². The largest absolute Gasteiger partial charge is 0.349 e. The molecule has 150 valence electrons. The number of piperazine rings is 1. The molecule has 1 aromatic rings. The Morgan fingerprint density at radius 3 is 2.74 bits per heavy atom. The second-order valence-corrected chi connectivity index (χ2v) is 8.56. The number of halogens is 1. The van der Waals surface area contributed by atoms with E-state index in [0.29, 0.717) is 25.2 Å². The second kappa shape index (κ2) is 9.66. The van der Waals surface area contributed by atoms with Crippen LogP contribution in [-0.4, -0.2) is 75.4 Å². The summed E-state index contributed by atoms with van der Waals surface area (Å²) in [6.45, 7) is 8.73. The molecule has 0 aliphatic carbocycles. The predicted molar refractivity (Wildman–Crippen MR) is 108 cm³/mol. The molecule has 0 saturated carbocycles. The lowest BCUT2D eigenvalue weighted by Gasteiger charge is -2.32. The van der Waals surface area contributed by atoms with Crippen molar-refractivity contribution in [1.82, 2.24) is 19.8 Å². The number of hydrogen-bond donors (Lipinski definition) is 2. The average Bonchev–Trinajstić information content (AvgIpc) is 3.18. The maximum atomic E-state index is 13.0. The van der Waals surface area contributed by atoms with Gasteiger partial charge in [0.1, 0.15) is 0 Å². The van der Waals surface area contributed by atoms with Gasteiger partial charge in [0.15, 0.2) is 0 Å². The third kappa shape index (κ3) is 5.08. The van der Waals surface area contributed by atoms with Gasteiger partial charge in [0.2, 0.25) is 10.0 Å². The third-order valence-corrected chi connectivity index (χ3v) is 6.80. The van der Waals surface area contributed by atoms with E-state index in [9.17, 15) is 13.2 Å². The van der Waals surface area contributed by atoms with Crippen LogP contribution in [0.15, 0.2) is 41.8 Å². The highest BCUT2D eigenvalue weighted by atomic mass is 35.5. The van der Waals surface area contributed by atoms with Crippen molar-refractivity contribution in [3.63, 3.8) is 0 Å². The van der Waals surface area contributed by atoms with E-state index < -0.39 is 10.0 Å². The number of amides is 1. The van der Waals surface area contributed by atoms with Crippen molar-refractivity contribution in [2.45, 2.75) is 17.4 Å². The van der Waals surface area contributed by atoms with Crippen LogP contribution >= 0.6 is 12.4 Å². The van der Waals surface area contributed by atoms with Gasteiger partial charge in [-0.1, -0.05) is 12.1 Å². The van der Waals surface area contributed by atoms with Crippen LogP contribution in [0.1, 0.15) is 16.8 Å². The molecule has 0 bridgehead atoms. The minimum absolute atomic E-state index is 0. The highest BCUT2D eigenvalue weighted by Gasteiger charge is 2.35. The van der Waals surface area contributed by atoms with Crippen LogP contribution in [0.3, 0.4) is 0 Å². The van der Waals surface area contributed by atoms with Crippen LogP contribution in [0.5, 0.6) is 0 Å². The summed E-state index contributed by atoms with van der Waals surface area (Å²) in [6.07, 6.45) is 2.43. The lowest BCUT2D eigenvalue weighted by molar-refractivity contribution is 0.0958. The van der Waals surface area contributed by atoms with Crippen molar-refractivity contribution in [3.8, 4) is 0 Å². The van der Waals surface area contributed by atoms with Crippen molar-refractivity contribution in [2.24, 2.45) is 0 Å². The van der Waals surface area contributed by atoms with E-state index in [2.05, 4.69) is 22.1 Å². The van der Waals surface area contributed by atoms with Gasteiger partial charge < -0.3 is 10.6 Å². The molecule has 1 atom stereocenters. The Bertz CT molecular complexity index is 766. The molecular weight excluding hydrogens is 388 g/mol. The molecule has 2 aliphatic rings. The van der Waals surface area contributed by atoms with E-state index in [0.717, 1.165) is 32.6 Å². The number of nitrogens with zero attached hydrogens (tertiary/aromatic N) is 2.